The molecule has 5 heterocycles. The van der Waals surface area contributed by atoms with Gasteiger partial charge in [0.15, 0.2) is 11.5 Å². The summed E-state index contributed by atoms with van der Waals surface area (Å²) in [4.78, 5) is 27.9. The van der Waals surface area contributed by atoms with Gasteiger partial charge in [-0.25, -0.2) is 9.98 Å². The smallest absolute Gasteiger partial charge is 0.289 e. The van der Waals surface area contributed by atoms with Gasteiger partial charge in [-0.1, -0.05) is 6.07 Å². The second-order valence-corrected chi connectivity index (χ2v) is 11.0. The van der Waals surface area contributed by atoms with E-state index in [1.807, 2.05) is 17.0 Å². The van der Waals surface area contributed by atoms with Gasteiger partial charge in [0, 0.05) is 35.3 Å². The van der Waals surface area contributed by atoms with Crippen LogP contribution in [-0.4, -0.2) is 59.8 Å². The van der Waals surface area contributed by atoms with E-state index in [1.54, 1.807) is 16.9 Å². The number of aliphatic hydroxyl groups is 1. The van der Waals surface area contributed by atoms with Crippen molar-refractivity contribution in [1.29, 1.82) is 5.41 Å². The van der Waals surface area contributed by atoms with Crippen molar-refractivity contribution in [3.63, 3.8) is 0 Å². The highest BCUT2D eigenvalue weighted by molar-refractivity contribution is 9.10. The quantitative estimate of drug-likeness (QED) is 0.278. The zero-order valence-corrected chi connectivity index (χ0v) is 21.7. The van der Waals surface area contributed by atoms with E-state index in [-0.39, 0.29) is 29.7 Å². The molecular weight excluding hydrogens is 538 g/mol. The van der Waals surface area contributed by atoms with Crippen LogP contribution in [-0.2, 0) is 10.4 Å². The molecule has 0 radical (unpaired) electrons. The van der Waals surface area contributed by atoms with Gasteiger partial charge in [0.25, 0.3) is 5.91 Å². The summed E-state index contributed by atoms with van der Waals surface area (Å²) in [6, 6.07) is 3.87. The summed E-state index contributed by atoms with van der Waals surface area (Å²) in [5.74, 6) is 0.105. The van der Waals surface area contributed by atoms with Crippen LogP contribution in [0.4, 0.5) is 5.82 Å². The minimum Gasteiger partial charge on any atom is -0.384 e. The lowest BCUT2D eigenvalue weighted by molar-refractivity contribution is -0.128. The molecule has 12 heteroatoms. The number of pyridine rings is 1. The highest BCUT2D eigenvalue weighted by Crippen LogP contribution is 2.46. The van der Waals surface area contributed by atoms with Gasteiger partial charge in [-0.3, -0.25) is 15.2 Å². The summed E-state index contributed by atoms with van der Waals surface area (Å²) in [6.45, 7) is 0. The number of nitrogens with one attached hydrogen (secondary N) is 1. The number of fused-ring (bicyclic) bond motifs is 3. The molecule has 192 valence electrons. The van der Waals surface area contributed by atoms with Crippen LogP contribution in [0, 0.1) is 5.41 Å². The average Bonchev–Trinajstić information content (AvgIpc) is 3.42. The highest BCUT2D eigenvalue weighted by Gasteiger charge is 2.45. The number of hydrogen-bond acceptors (Lipinski definition) is 7. The van der Waals surface area contributed by atoms with Crippen LogP contribution in [0.3, 0.4) is 0 Å². The summed E-state index contributed by atoms with van der Waals surface area (Å²) in [6.07, 6.45) is 10.0. The Balaban J connectivity index is 1.32. The molecular formula is C25H28BrN9O2. The summed E-state index contributed by atoms with van der Waals surface area (Å²) < 4.78 is 2.34. The Morgan fingerprint density at radius 2 is 1.97 bits per heavy atom. The van der Waals surface area contributed by atoms with Gasteiger partial charge in [-0.15, -0.1) is 0 Å². The molecule has 3 fully saturated rings. The fourth-order valence-electron chi connectivity index (χ4n) is 6.07. The predicted octanol–water partition coefficient (Wildman–Crippen LogP) is 2.71. The highest BCUT2D eigenvalue weighted by atomic mass is 79.9. The van der Waals surface area contributed by atoms with Crippen molar-refractivity contribution in [3.05, 3.63) is 40.4 Å². The van der Waals surface area contributed by atoms with Crippen molar-refractivity contribution in [2.45, 2.75) is 68.5 Å². The number of carbonyl (C=O) groups excluding carboxylic acids is 1. The van der Waals surface area contributed by atoms with Crippen molar-refractivity contribution in [2.75, 3.05) is 5.73 Å². The van der Waals surface area contributed by atoms with Gasteiger partial charge in [0.1, 0.15) is 17.8 Å². The van der Waals surface area contributed by atoms with E-state index in [9.17, 15) is 9.90 Å². The van der Waals surface area contributed by atoms with Crippen LogP contribution in [0.1, 0.15) is 62.3 Å². The molecule has 0 aromatic carbocycles. The molecule has 11 nitrogen and oxygen atoms in total. The number of aliphatic imine (C=N–C) groups is 1. The minimum absolute atomic E-state index is 0.0281. The summed E-state index contributed by atoms with van der Waals surface area (Å²) in [5.41, 5.74) is 15.3. The van der Waals surface area contributed by atoms with Crippen LogP contribution in [0.2, 0.25) is 0 Å². The number of nitrogen functional groups attached to an aromatic ring is 1. The van der Waals surface area contributed by atoms with Gasteiger partial charge < -0.3 is 21.5 Å². The van der Waals surface area contributed by atoms with Crippen LogP contribution in [0.5, 0.6) is 0 Å². The van der Waals surface area contributed by atoms with Crippen LogP contribution in [0.25, 0.3) is 16.8 Å². The number of halogens is 1. The van der Waals surface area contributed by atoms with Gasteiger partial charge in [-0.2, -0.15) is 9.61 Å². The Morgan fingerprint density at radius 3 is 2.57 bits per heavy atom. The molecule has 0 spiro atoms. The largest absolute Gasteiger partial charge is 0.384 e. The first-order valence-electron chi connectivity index (χ1n) is 12.5. The predicted molar refractivity (Wildman–Crippen MR) is 142 cm³/mol. The van der Waals surface area contributed by atoms with Crippen LogP contribution >= 0.6 is 15.9 Å². The number of anilines is 1. The molecule has 1 saturated carbocycles. The molecule has 6 N–H and O–H groups in total. The van der Waals surface area contributed by atoms with E-state index in [4.69, 9.17) is 21.9 Å². The summed E-state index contributed by atoms with van der Waals surface area (Å²) in [5, 5.41) is 22.2. The first-order chi connectivity index (χ1) is 17.8. The first kappa shape index (κ1) is 24.0. The lowest BCUT2D eigenvalue weighted by Gasteiger charge is -2.38. The molecule has 2 bridgehead atoms. The van der Waals surface area contributed by atoms with E-state index in [2.05, 4.69) is 31.0 Å². The molecule has 2 atom stereocenters. The second-order valence-electron chi connectivity index (χ2n) is 10.2. The Bertz CT molecular complexity index is 1420. The number of rotatable bonds is 4. The van der Waals surface area contributed by atoms with Crippen molar-refractivity contribution in [3.8, 4) is 11.1 Å². The maximum atomic E-state index is 12.9. The lowest BCUT2D eigenvalue weighted by Crippen LogP contribution is -2.50. The Labute approximate surface area is 221 Å². The normalized spacial score (nSPS) is 24.8. The number of piperidine rings is 1. The van der Waals surface area contributed by atoms with Crippen molar-refractivity contribution in [2.24, 2.45) is 10.7 Å². The van der Waals surface area contributed by atoms with E-state index >= 15 is 0 Å². The van der Waals surface area contributed by atoms with Crippen molar-refractivity contribution in [1.82, 2.24) is 24.5 Å². The standard InChI is InChI=1S/C25H28BrN9O2/c26-19-20(14-8-15-3-4-16(9-14)34(15)24(36)21(28)31-12-27)33-23-17(11-32-35(23)22(19)29)13-2-5-18(30-10-13)25(37)6-1-7-25/h2,5,10-12,14-16,37H,1,3-4,6-9,29H2,(H3,27,28,31). The summed E-state index contributed by atoms with van der Waals surface area (Å²) in [7, 11) is 0. The number of amidine groups is 1. The number of nitrogens with two attached hydrogens (primary N) is 2. The molecule has 3 aliphatic rings. The van der Waals surface area contributed by atoms with E-state index in [1.165, 1.54) is 0 Å². The Hall–Kier alpha value is -3.38. The fraction of sp³-hybridized carbons (Fsp3) is 0.440. The second kappa shape index (κ2) is 8.88. The van der Waals surface area contributed by atoms with Gasteiger partial charge in [0.2, 0.25) is 0 Å². The van der Waals surface area contributed by atoms with Crippen molar-refractivity contribution >= 4 is 45.5 Å². The van der Waals surface area contributed by atoms with E-state index in [0.717, 1.165) is 68.1 Å². The molecule has 1 amide bonds. The molecule has 2 aliphatic heterocycles. The Kier molecular flexibility index (Phi) is 5.75. The summed E-state index contributed by atoms with van der Waals surface area (Å²) >= 11 is 3.66. The Morgan fingerprint density at radius 1 is 1.24 bits per heavy atom. The molecule has 3 aromatic heterocycles. The van der Waals surface area contributed by atoms with Gasteiger partial charge in [0.05, 0.1) is 22.1 Å². The fourth-order valence-corrected chi connectivity index (χ4v) is 6.65. The van der Waals surface area contributed by atoms with Gasteiger partial charge in [-0.05, 0) is 66.9 Å². The van der Waals surface area contributed by atoms with Crippen LogP contribution in [0.15, 0.2) is 34.0 Å². The number of nitrogens with zero attached hydrogens (tertiary/aromatic N) is 6. The number of carbonyl (C=O) groups is 1. The van der Waals surface area contributed by atoms with Crippen LogP contribution < -0.4 is 11.5 Å². The molecule has 37 heavy (non-hydrogen) atoms. The molecule has 3 aromatic rings. The third kappa shape index (κ3) is 3.81. The topological polar surface area (TPSA) is 172 Å². The molecule has 2 unspecified atom stereocenters. The number of amides is 1. The zero-order valence-electron chi connectivity index (χ0n) is 20.1. The SMILES string of the molecule is N=CN=C(N)C(=O)N1C2CCC1CC(c1nc3c(-c4ccc(C5(O)CCC5)nc4)cnn3c(N)c1Br)C2. The maximum Gasteiger partial charge on any atom is 0.289 e. The average molecular weight is 566 g/mol. The number of aromatic nitrogens is 4. The number of hydrogen-bond donors (Lipinski definition) is 4. The van der Waals surface area contributed by atoms with Gasteiger partial charge >= 0.3 is 0 Å². The lowest BCUT2D eigenvalue weighted by atomic mass is 9.77. The zero-order chi connectivity index (χ0) is 25.9. The monoisotopic (exact) mass is 565 g/mol. The molecule has 1 aliphatic carbocycles. The maximum absolute atomic E-state index is 12.9. The first-order valence-corrected chi connectivity index (χ1v) is 13.3. The van der Waals surface area contributed by atoms with Crippen molar-refractivity contribution < 1.29 is 9.90 Å². The third-order valence-corrected chi connectivity index (χ3v) is 8.97. The van der Waals surface area contributed by atoms with E-state index in [0.29, 0.717) is 21.6 Å². The molecule has 2 saturated heterocycles. The molecule has 6 rings (SSSR count). The van der Waals surface area contributed by atoms with E-state index < -0.39 is 5.60 Å². The third-order valence-electron chi connectivity index (χ3n) is 8.16. The minimum atomic E-state index is -0.814.